The van der Waals surface area contributed by atoms with Gasteiger partial charge in [0.2, 0.25) is 0 Å². The van der Waals surface area contributed by atoms with Gasteiger partial charge in [0.25, 0.3) is 5.91 Å². The number of amides is 1. The van der Waals surface area contributed by atoms with Gasteiger partial charge in [0, 0.05) is 18.9 Å². The summed E-state index contributed by atoms with van der Waals surface area (Å²) in [5.41, 5.74) is 6.51. The lowest BCUT2D eigenvalue weighted by molar-refractivity contribution is 0.0950. The third-order valence-corrected chi connectivity index (χ3v) is 2.78. The first kappa shape index (κ1) is 12.2. The molecular formula is C13H14FN3O. The first-order chi connectivity index (χ1) is 8.59. The second-order valence-corrected chi connectivity index (χ2v) is 3.99. The zero-order chi connectivity index (χ0) is 13.1. The van der Waals surface area contributed by atoms with Crippen LogP contribution in [0.1, 0.15) is 16.1 Å². The Labute approximate surface area is 104 Å². The summed E-state index contributed by atoms with van der Waals surface area (Å²) >= 11 is 0. The molecule has 0 saturated heterocycles. The van der Waals surface area contributed by atoms with Crippen LogP contribution in [0.3, 0.4) is 0 Å². The lowest BCUT2D eigenvalue weighted by Gasteiger charge is -2.08. The number of nitrogens with zero attached hydrogens (tertiary/aromatic N) is 1. The van der Waals surface area contributed by atoms with E-state index in [1.807, 2.05) is 29.9 Å². The average molecular weight is 247 g/mol. The molecule has 0 aliphatic rings. The van der Waals surface area contributed by atoms with Crippen LogP contribution >= 0.6 is 0 Å². The maximum Gasteiger partial charge on any atom is 0.253 e. The first-order valence-corrected chi connectivity index (χ1v) is 5.52. The number of aromatic nitrogens is 1. The van der Waals surface area contributed by atoms with Crippen molar-refractivity contribution in [2.45, 2.75) is 6.54 Å². The van der Waals surface area contributed by atoms with Crippen molar-refractivity contribution in [3.63, 3.8) is 0 Å². The Bertz CT molecular complexity index is 577. The molecule has 94 valence electrons. The number of rotatable bonds is 3. The zero-order valence-corrected chi connectivity index (χ0v) is 9.98. The van der Waals surface area contributed by atoms with E-state index in [1.54, 1.807) is 0 Å². The molecule has 18 heavy (non-hydrogen) atoms. The Morgan fingerprint density at radius 1 is 1.39 bits per heavy atom. The summed E-state index contributed by atoms with van der Waals surface area (Å²) in [7, 11) is 1.89. The van der Waals surface area contributed by atoms with Crippen LogP contribution in [0.2, 0.25) is 0 Å². The van der Waals surface area contributed by atoms with E-state index >= 15 is 0 Å². The number of carbonyl (C=O) groups excluding carboxylic acids is 1. The molecule has 5 heteroatoms. The summed E-state index contributed by atoms with van der Waals surface area (Å²) < 4.78 is 15.1. The highest BCUT2D eigenvalue weighted by Crippen LogP contribution is 2.15. The van der Waals surface area contributed by atoms with Crippen LogP contribution in [-0.2, 0) is 13.6 Å². The first-order valence-electron chi connectivity index (χ1n) is 5.52. The van der Waals surface area contributed by atoms with Crippen molar-refractivity contribution in [3.05, 3.63) is 53.6 Å². The molecule has 2 aromatic rings. The molecule has 0 aliphatic heterocycles. The normalized spacial score (nSPS) is 10.3. The number of nitrogens with one attached hydrogen (secondary N) is 1. The highest BCUT2D eigenvalue weighted by Gasteiger charge is 2.12. The van der Waals surface area contributed by atoms with Gasteiger partial charge in [-0.25, -0.2) is 4.39 Å². The van der Waals surface area contributed by atoms with Crippen LogP contribution in [0.4, 0.5) is 10.1 Å². The van der Waals surface area contributed by atoms with Gasteiger partial charge in [-0.3, -0.25) is 4.79 Å². The standard InChI is InChI=1S/C13H14FN3O/c1-17-7-3-4-9(17)8-16-13(18)10-5-2-6-11(14)12(10)15/h2-7H,8,15H2,1H3,(H,16,18). The van der Waals surface area contributed by atoms with Gasteiger partial charge in [-0.1, -0.05) is 6.07 Å². The maximum absolute atomic E-state index is 13.2. The van der Waals surface area contributed by atoms with E-state index in [0.29, 0.717) is 6.54 Å². The van der Waals surface area contributed by atoms with Gasteiger partial charge in [0.05, 0.1) is 17.8 Å². The van der Waals surface area contributed by atoms with Gasteiger partial charge in [-0.2, -0.15) is 0 Å². The molecule has 0 unspecified atom stereocenters. The number of aryl methyl sites for hydroxylation is 1. The zero-order valence-electron chi connectivity index (χ0n) is 9.98. The highest BCUT2D eigenvalue weighted by molar-refractivity contribution is 5.99. The molecule has 0 fully saturated rings. The topological polar surface area (TPSA) is 60.0 Å². The Morgan fingerprint density at radius 2 is 2.17 bits per heavy atom. The minimum absolute atomic E-state index is 0.123. The van der Waals surface area contributed by atoms with Gasteiger partial charge in [-0.15, -0.1) is 0 Å². The van der Waals surface area contributed by atoms with E-state index < -0.39 is 5.82 Å². The fraction of sp³-hybridized carbons (Fsp3) is 0.154. The van der Waals surface area contributed by atoms with Gasteiger partial charge in [0.15, 0.2) is 0 Å². The Balaban J connectivity index is 2.09. The number of benzene rings is 1. The number of anilines is 1. The summed E-state index contributed by atoms with van der Waals surface area (Å²) in [6.07, 6.45) is 1.89. The monoisotopic (exact) mass is 247 g/mol. The molecule has 1 aromatic heterocycles. The summed E-state index contributed by atoms with van der Waals surface area (Å²) in [4.78, 5) is 11.9. The quantitative estimate of drug-likeness (QED) is 0.811. The summed E-state index contributed by atoms with van der Waals surface area (Å²) in [6.45, 7) is 0.373. The number of nitrogen functional groups attached to an aromatic ring is 1. The van der Waals surface area contributed by atoms with Crippen molar-refractivity contribution in [1.82, 2.24) is 9.88 Å². The molecular weight excluding hydrogens is 233 g/mol. The molecule has 1 amide bonds. The van der Waals surface area contributed by atoms with Crippen LogP contribution in [-0.4, -0.2) is 10.5 Å². The lowest BCUT2D eigenvalue weighted by Crippen LogP contribution is -2.25. The number of nitrogens with two attached hydrogens (primary N) is 1. The SMILES string of the molecule is Cn1cccc1CNC(=O)c1cccc(F)c1N. The molecule has 0 spiro atoms. The van der Waals surface area contributed by atoms with Gasteiger partial charge >= 0.3 is 0 Å². The predicted octanol–water partition coefficient (Wildman–Crippen LogP) is 1.68. The molecule has 0 radical (unpaired) electrons. The fourth-order valence-corrected chi connectivity index (χ4v) is 1.68. The van der Waals surface area contributed by atoms with Crippen molar-refractivity contribution in [2.75, 3.05) is 5.73 Å². The molecule has 0 bridgehead atoms. The number of para-hydroxylation sites is 1. The van der Waals surface area contributed by atoms with Gasteiger partial charge < -0.3 is 15.6 Å². The number of carbonyl (C=O) groups is 1. The number of hydrogen-bond acceptors (Lipinski definition) is 2. The van der Waals surface area contributed by atoms with Gasteiger partial charge in [0.1, 0.15) is 5.82 Å². The minimum Gasteiger partial charge on any atom is -0.396 e. The molecule has 1 aromatic carbocycles. The largest absolute Gasteiger partial charge is 0.396 e. The molecule has 4 nitrogen and oxygen atoms in total. The van der Waals surface area contributed by atoms with Crippen molar-refractivity contribution < 1.29 is 9.18 Å². The van der Waals surface area contributed by atoms with Crippen molar-refractivity contribution in [1.29, 1.82) is 0 Å². The molecule has 2 rings (SSSR count). The van der Waals surface area contributed by atoms with Crippen molar-refractivity contribution in [3.8, 4) is 0 Å². The lowest BCUT2D eigenvalue weighted by atomic mass is 10.1. The van der Waals surface area contributed by atoms with Crippen LogP contribution in [0.5, 0.6) is 0 Å². The fourth-order valence-electron chi connectivity index (χ4n) is 1.68. The summed E-state index contributed by atoms with van der Waals surface area (Å²) in [5, 5.41) is 2.70. The Morgan fingerprint density at radius 3 is 2.83 bits per heavy atom. The van der Waals surface area contributed by atoms with Crippen molar-refractivity contribution >= 4 is 11.6 Å². The maximum atomic E-state index is 13.2. The van der Waals surface area contributed by atoms with E-state index in [2.05, 4.69) is 5.32 Å². The van der Waals surface area contributed by atoms with E-state index in [-0.39, 0.29) is 17.2 Å². The van der Waals surface area contributed by atoms with E-state index in [1.165, 1.54) is 18.2 Å². The molecule has 0 saturated carbocycles. The number of halogens is 1. The predicted molar refractivity (Wildman–Crippen MR) is 67.4 cm³/mol. The molecule has 0 aliphatic carbocycles. The summed E-state index contributed by atoms with van der Waals surface area (Å²) in [5.74, 6) is -0.963. The third-order valence-electron chi connectivity index (χ3n) is 2.78. The Kier molecular flexibility index (Phi) is 3.32. The average Bonchev–Trinajstić information content (AvgIpc) is 2.75. The van der Waals surface area contributed by atoms with Crippen LogP contribution < -0.4 is 11.1 Å². The molecule has 0 atom stereocenters. The Hall–Kier alpha value is -2.30. The van der Waals surface area contributed by atoms with Crippen LogP contribution in [0.15, 0.2) is 36.5 Å². The molecule has 1 heterocycles. The van der Waals surface area contributed by atoms with E-state index in [4.69, 9.17) is 5.73 Å². The van der Waals surface area contributed by atoms with E-state index in [9.17, 15) is 9.18 Å². The third kappa shape index (κ3) is 2.34. The summed E-state index contributed by atoms with van der Waals surface area (Å²) in [6, 6.07) is 7.97. The second-order valence-electron chi connectivity index (χ2n) is 3.99. The number of hydrogen-bond donors (Lipinski definition) is 2. The van der Waals surface area contributed by atoms with Crippen LogP contribution in [0.25, 0.3) is 0 Å². The second kappa shape index (κ2) is 4.91. The van der Waals surface area contributed by atoms with Gasteiger partial charge in [-0.05, 0) is 24.3 Å². The smallest absolute Gasteiger partial charge is 0.253 e. The molecule has 3 N–H and O–H groups in total. The highest BCUT2D eigenvalue weighted by atomic mass is 19.1. The van der Waals surface area contributed by atoms with E-state index in [0.717, 1.165) is 5.69 Å². The van der Waals surface area contributed by atoms with Crippen molar-refractivity contribution in [2.24, 2.45) is 7.05 Å². The minimum atomic E-state index is -0.582. The van der Waals surface area contributed by atoms with Crippen LogP contribution in [0, 0.1) is 5.82 Å².